The number of alkyl halides is 3. The first-order valence-electron chi connectivity index (χ1n) is 9.03. The Morgan fingerprint density at radius 1 is 1.08 bits per heavy atom. The van der Waals surface area contributed by atoms with Crippen LogP contribution in [-0.4, -0.2) is 57.0 Å². The zero-order valence-electron chi connectivity index (χ0n) is 14.5. The van der Waals surface area contributed by atoms with Crippen LogP contribution in [0.4, 0.5) is 18.9 Å². The number of hydrogen-bond acceptors (Lipinski definition) is 4. The van der Waals surface area contributed by atoms with Crippen molar-refractivity contribution in [2.75, 3.05) is 42.6 Å². The van der Waals surface area contributed by atoms with Crippen LogP contribution in [0.2, 0.25) is 0 Å². The van der Waals surface area contributed by atoms with Gasteiger partial charge in [-0.05, 0) is 50.1 Å². The predicted molar refractivity (Wildman–Crippen MR) is 94.0 cm³/mol. The van der Waals surface area contributed by atoms with Gasteiger partial charge in [-0.15, -0.1) is 0 Å². The molecule has 8 heteroatoms. The fourth-order valence-electron chi connectivity index (χ4n) is 4.76. The van der Waals surface area contributed by atoms with Crippen molar-refractivity contribution in [1.82, 2.24) is 4.90 Å². The lowest BCUT2D eigenvalue weighted by Crippen LogP contribution is -2.53. The van der Waals surface area contributed by atoms with Crippen LogP contribution in [-0.2, 0) is 16.0 Å². The Kier molecular flexibility index (Phi) is 4.26. The van der Waals surface area contributed by atoms with E-state index in [1.165, 1.54) is 0 Å². The highest BCUT2D eigenvalue weighted by Crippen LogP contribution is 2.42. The molecule has 0 bridgehead atoms. The number of sulfone groups is 1. The maximum Gasteiger partial charge on any atom is 0.416 e. The number of nitrogens with zero attached hydrogens (tertiary/aromatic N) is 2. The average Bonchev–Trinajstić information content (AvgIpc) is 2.98. The van der Waals surface area contributed by atoms with Crippen LogP contribution in [0.25, 0.3) is 0 Å². The summed E-state index contributed by atoms with van der Waals surface area (Å²) in [6.45, 7) is 3.38. The van der Waals surface area contributed by atoms with Gasteiger partial charge in [0.25, 0.3) is 0 Å². The molecule has 3 heterocycles. The number of rotatable bonds is 2. The lowest BCUT2D eigenvalue weighted by molar-refractivity contribution is -0.137. The van der Waals surface area contributed by atoms with Gasteiger partial charge in [-0.1, -0.05) is 0 Å². The van der Waals surface area contributed by atoms with Gasteiger partial charge in [0.05, 0.1) is 17.1 Å². The highest BCUT2D eigenvalue weighted by atomic mass is 32.2. The minimum absolute atomic E-state index is 0.0462. The van der Waals surface area contributed by atoms with Gasteiger partial charge in [0.1, 0.15) is 0 Å². The van der Waals surface area contributed by atoms with E-state index >= 15 is 0 Å². The van der Waals surface area contributed by atoms with Gasteiger partial charge < -0.3 is 4.90 Å². The Hall–Kier alpha value is -1.28. The smallest absolute Gasteiger partial charge is 0.370 e. The Balaban J connectivity index is 1.40. The SMILES string of the molecule is O=S1(=O)CC2(CCN([C@@H]3CCCN(c4ccc(C(F)(F)F)cc4)C3)C2)C1. The second-order valence-corrected chi connectivity index (χ2v) is 10.1. The molecule has 3 aliphatic heterocycles. The quantitative estimate of drug-likeness (QED) is 0.781. The normalized spacial score (nSPS) is 28.3. The van der Waals surface area contributed by atoms with Crippen molar-refractivity contribution in [2.45, 2.75) is 31.5 Å². The van der Waals surface area contributed by atoms with Crippen molar-refractivity contribution in [3.63, 3.8) is 0 Å². The fraction of sp³-hybridized carbons (Fsp3) is 0.667. The van der Waals surface area contributed by atoms with Crippen molar-refractivity contribution in [3.05, 3.63) is 29.8 Å². The van der Waals surface area contributed by atoms with E-state index in [1.807, 2.05) is 0 Å². The molecular formula is C18H23F3N2O2S. The van der Waals surface area contributed by atoms with E-state index in [9.17, 15) is 21.6 Å². The summed E-state index contributed by atoms with van der Waals surface area (Å²) in [5.41, 5.74) is 0.153. The van der Waals surface area contributed by atoms with Gasteiger partial charge in [-0.2, -0.15) is 13.2 Å². The molecule has 0 N–H and O–H groups in total. The number of benzene rings is 1. The van der Waals surface area contributed by atoms with Crippen molar-refractivity contribution >= 4 is 15.5 Å². The number of anilines is 1. The Morgan fingerprint density at radius 3 is 2.38 bits per heavy atom. The predicted octanol–water partition coefficient (Wildman–Crippen LogP) is 2.79. The third-order valence-electron chi connectivity index (χ3n) is 5.99. The first kappa shape index (κ1) is 18.1. The molecule has 0 saturated carbocycles. The zero-order chi connectivity index (χ0) is 18.6. The van der Waals surface area contributed by atoms with E-state index in [0.717, 1.165) is 63.3 Å². The number of likely N-dealkylation sites (tertiary alicyclic amines) is 1. The van der Waals surface area contributed by atoms with E-state index in [4.69, 9.17) is 0 Å². The van der Waals surface area contributed by atoms with Crippen LogP contribution in [0.15, 0.2) is 24.3 Å². The van der Waals surface area contributed by atoms with Gasteiger partial charge in [-0.25, -0.2) is 8.42 Å². The van der Waals surface area contributed by atoms with E-state index in [0.29, 0.717) is 17.5 Å². The molecule has 3 fully saturated rings. The Morgan fingerprint density at radius 2 is 1.77 bits per heavy atom. The minimum Gasteiger partial charge on any atom is -0.370 e. The molecule has 3 aliphatic rings. The third-order valence-corrected chi connectivity index (χ3v) is 8.10. The largest absolute Gasteiger partial charge is 0.416 e. The van der Waals surface area contributed by atoms with Crippen molar-refractivity contribution in [3.8, 4) is 0 Å². The van der Waals surface area contributed by atoms with Gasteiger partial charge in [-0.3, -0.25) is 4.90 Å². The van der Waals surface area contributed by atoms with Crippen LogP contribution in [0.3, 0.4) is 0 Å². The van der Waals surface area contributed by atoms with Crippen molar-refractivity contribution < 1.29 is 21.6 Å². The summed E-state index contributed by atoms with van der Waals surface area (Å²) in [5, 5.41) is 0. The van der Waals surface area contributed by atoms with Gasteiger partial charge in [0.2, 0.25) is 0 Å². The molecule has 0 aromatic heterocycles. The lowest BCUT2D eigenvalue weighted by Gasteiger charge is -2.41. The monoisotopic (exact) mass is 388 g/mol. The van der Waals surface area contributed by atoms with Gasteiger partial charge in [0.15, 0.2) is 9.84 Å². The molecule has 1 aromatic carbocycles. The summed E-state index contributed by atoms with van der Waals surface area (Å²) in [6, 6.07) is 5.73. The molecule has 1 spiro atoms. The van der Waals surface area contributed by atoms with Crippen molar-refractivity contribution in [1.29, 1.82) is 0 Å². The Bertz CT molecular complexity index is 765. The summed E-state index contributed by atoms with van der Waals surface area (Å²) < 4.78 is 61.3. The molecule has 3 saturated heterocycles. The molecule has 1 atom stereocenters. The van der Waals surface area contributed by atoms with Crippen molar-refractivity contribution in [2.24, 2.45) is 5.41 Å². The molecule has 1 aromatic rings. The van der Waals surface area contributed by atoms with Crippen LogP contribution < -0.4 is 4.90 Å². The van der Waals surface area contributed by atoms with Crippen LogP contribution >= 0.6 is 0 Å². The first-order chi connectivity index (χ1) is 12.2. The highest BCUT2D eigenvalue weighted by molar-refractivity contribution is 7.92. The molecule has 4 nitrogen and oxygen atoms in total. The molecule has 0 aliphatic carbocycles. The molecule has 144 valence electrons. The molecule has 0 radical (unpaired) electrons. The van der Waals surface area contributed by atoms with E-state index < -0.39 is 21.6 Å². The van der Waals surface area contributed by atoms with E-state index in [-0.39, 0.29) is 5.41 Å². The average molecular weight is 388 g/mol. The lowest BCUT2D eigenvalue weighted by atomic mass is 9.91. The van der Waals surface area contributed by atoms with E-state index in [1.54, 1.807) is 12.1 Å². The number of hydrogen-bond donors (Lipinski definition) is 0. The minimum atomic E-state index is -4.31. The Labute approximate surface area is 151 Å². The summed E-state index contributed by atoms with van der Waals surface area (Å²) in [4.78, 5) is 4.54. The maximum atomic E-state index is 12.7. The third kappa shape index (κ3) is 3.45. The summed E-state index contributed by atoms with van der Waals surface area (Å²) in [6.07, 6.45) is -1.33. The zero-order valence-corrected chi connectivity index (χ0v) is 15.3. The van der Waals surface area contributed by atoms with Crippen LogP contribution in [0, 0.1) is 5.41 Å². The van der Waals surface area contributed by atoms with Crippen LogP contribution in [0.5, 0.6) is 0 Å². The highest BCUT2D eigenvalue weighted by Gasteiger charge is 2.53. The fourth-order valence-corrected chi connectivity index (χ4v) is 7.01. The second kappa shape index (κ2) is 6.12. The standard InChI is InChI=1S/C18H23F3N2O2S/c19-18(20,21)14-3-5-15(6-4-14)22-8-1-2-16(10-22)23-9-7-17(11-23)12-26(24,25)13-17/h3-6,16H,1-2,7-13H2/t16-/m1/s1. The number of halogens is 3. The topological polar surface area (TPSA) is 40.6 Å². The van der Waals surface area contributed by atoms with E-state index in [2.05, 4.69) is 9.80 Å². The first-order valence-corrected chi connectivity index (χ1v) is 10.8. The van der Waals surface area contributed by atoms with Gasteiger partial charge in [0, 0.05) is 36.8 Å². The molecular weight excluding hydrogens is 365 g/mol. The summed E-state index contributed by atoms with van der Waals surface area (Å²) >= 11 is 0. The van der Waals surface area contributed by atoms with Gasteiger partial charge >= 0.3 is 6.18 Å². The second-order valence-electron chi connectivity index (χ2n) is 8.04. The molecule has 0 unspecified atom stereocenters. The summed E-state index contributed by atoms with van der Waals surface area (Å²) in [5.74, 6) is 0.623. The maximum absolute atomic E-state index is 12.7. The van der Waals surface area contributed by atoms with Crippen LogP contribution in [0.1, 0.15) is 24.8 Å². The molecule has 26 heavy (non-hydrogen) atoms. The number of piperidine rings is 1. The molecule has 0 amide bonds. The summed E-state index contributed by atoms with van der Waals surface area (Å²) in [7, 11) is -2.83. The molecule has 4 rings (SSSR count).